The van der Waals surface area contributed by atoms with Gasteiger partial charge in [-0.2, -0.15) is 13.2 Å². The molecule has 1 rings (SSSR count). The molecule has 1 aromatic carbocycles. The minimum absolute atomic E-state index is 0.0752. The SMILES string of the molecule is NC(=O)C[CH]c1ccc(SC(F)(F)F)cc1. The maximum absolute atomic E-state index is 12.0. The lowest BCUT2D eigenvalue weighted by molar-refractivity contribution is -0.117. The minimum Gasteiger partial charge on any atom is -0.370 e. The predicted molar refractivity (Wildman–Crippen MR) is 55.6 cm³/mol. The highest BCUT2D eigenvalue weighted by atomic mass is 32.2. The Morgan fingerprint density at radius 2 is 1.88 bits per heavy atom. The van der Waals surface area contributed by atoms with Crippen molar-refractivity contribution in [1.82, 2.24) is 0 Å². The Kier molecular flexibility index (Phi) is 4.23. The van der Waals surface area contributed by atoms with Gasteiger partial charge in [-0.1, -0.05) is 12.1 Å². The highest BCUT2D eigenvalue weighted by Gasteiger charge is 2.28. The number of halogens is 3. The van der Waals surface area contributed by atoms with Gasteiger partial charge in [-0.05, 0) is 35.9 Å². The van der Waals surface area contributed by atoms with Crippen molar-refractivity contribution in [2.24, 2.45) is 5.73 Å². The molecule has 1 aromatic rings. The topological polar surface area (TPSA) is 43.1 Å². The molecule has 0 saturated heterocycles. The van der Waals surface area contributed by atoms with Crippen LogP contribution in [0.3, 0.4) is 0 Å². The fraction of sp³-hybridized carbons (Fsp3) is 0.200. The van der Waals surface area contributed by atoms with Gasteiger partial charge in [0.25, 0.3) is 0 Å². The number of hydrogen-bond donors (Lipinski definition) is 1. The molecule has 0 aromatic heterocycles. The first-order valence-electron chi connectivity index (χ1n) is 4.34. The first kappa shape index (κ1) is 12.9. The quantitative estimate of drug-likeness (QED) is 0.832. The number of alkyl halides is 3. The summed E-state index contributed by atoms with van der Waals surface area (Å²) in [7, 11) is 0. The van der Waals surface area contributed by atoms with E-state index in [-0.39, 0.29) is 23.1 Å². The summed E-state index contributed by atoms with van der Waals surface area (Å²) in [6.07, 6.45) is 1.64. The summed E-state index contributed by atoms with van der Waals surface area (Å²) in [6.45, 7) is 0. The zero-order chi connectivity index (χ0) is 12.2. The van der Waals surface area contributed by atoms with Crippen molar-refractivity contribution in [2.75, 3.05) is 0 Å². The third-order valence-corrected chi connectivity index (χ3v) is 2.39. The number of amides is 1. The van der Waals surface area contributed by atoms with E-state index in [2.05, 4.69) is 0 Å². The normalized spacial score (nSPS) is 11.4. The van der Waals surface area contributed by atoms with E-state index in [1.54, 1.807) is 6.42 Å². The lowest BCUT2D eigenvalue weighted by Crippen LogP contribution is -2.10. The van der Waals surface area contributed by atoms with E-state index in [4.69, 9.17) is 5.73 Å². The number of rotatable bonds is 4. The fourth-order valence-electron chi connectivity index (χ4n) is 1.02. The first-order chi connectivity index (χ1) is 7.37. The molecule has 16 heavy (non-hydrogen) atoms. The van der Waals surface area contributed by atoms with Crippen molar-refractivity contribution >= 4 is 17.7 Å². The van der Waals surface area contributed by atoms with Gasteiger partial charge in [-0.25, -0.2) is 0 Å². The first-order valence-corrected chi connectivity index (χ1v) is 5.16. The van der Waals surface area contributed by atoms with Crippen LogP contribution in [0.4, 0.5) is 13.2 Å². The van der Waals surface area contributed by atoms with E-state index in [1.165, 1.54) is 24.3 Å². The van der Waals surface area contributed by atoms with Crippen LogP contribution in [0, 0.1) is 6.42 Å². The molecule has 1 radical (unpaired) electrons. The Balaban J connectivity index is 2.57. The van der Waals surface area contributed by atoms with Gasteiger partial charge in [0.1, 0.15) is 0 Å². The summed E-state index contributed by atoms with van der Waals surface area (Å²) >= 11 is -0.172. The average Bonchev–Trinajstić information content (AvgIpc) is 2.14. The Hall–Kier alpha value is -1.17. The summed E-state index contributed by atoms with van der Waals surface area (Å²) in [5, 5.41) is 0. The second-order valence-electron chi connectivity index (χ2n) is 2.99. The average molecular weight is 248 g/mol. The van der Waals surface area contributed by atoms with E-state index in [0.717, 1.165) is 0 Å². The maximum atomic E-state index is 12.0. The molecule has 0 fully saturated rings. The second kappa shape index (κ2) is 5.25. The Labute approximate surface area is 95.0 Å². The third kappa shape index (κ3) is 5.06. The molecule has 0 saturated carbocycles. The number of carbonyl (C=O) groups excluding carboxylic acids is 1. The van der Waals surface area contributed by atoms with Gasteiger partial charge in [-0.3, -0.25) is 4.79 Å². The van der Waals surface area contributed by atoms with E-state index < -0.39 is 11.4 Å². The molecule has 87 valence electrons. The van der Waals surface area contributed by atoms with Crippen LogP contribution in [0.2, 0.25) is 0 Å². The van der Waals surface area contributed by atoms with Crippen molar-refractivity contribution in [1.29, 1.82) is 0 Å². The van der Waals surface area contributed by atoms with E-state index >= 15 is 0 Å². The van der Waals surface area contributed by atoms with Gasteiger partial charge < -0.3 is 5.73 Å². The third-order valence-electron chi connectivity index (χ3n) is 1.65. The number of benzene rings is 1. The number of carbonyl (C=O) groups is 1. The summed E-state index contributed by atoms with van der Waals surface area (Å²) in [5.41, 5.74) is 1.32. The van der Waals surface area contributed by atoms with Crippen LogP contribution in [-0.2, 0) is 4.79 Å². The molecular formula is C10H9F3NOS. The molecule has 6 heteroatoms. The summed E-state index contributed by atoms with van der Waals surface area (Å²) < 4.78 is 36.0. The summed E-state index contributed by atoms with van der Waals surface area (Å²) in [4.78, 5) is 10.6. The molecule has 0 spiro atoms. The van der Waals surface area contributed by atoms with Crippen molar-refractivity contribution in [3.8, 4) is 0 Å². The Morgan fingerprint density at radius 1 is 1.31 bits per heavy atom. The molecule has 2 N–H and O–H groups in total. The van der Waals surface area contributed by atoms with Gasteiger partial charge in [0.15, 0.2) is 0 Å². The highest BCUT2D eigenvalue weighted by Crippen LogP contribution is 2.36. The lowest BCUT2D eigenvalue weighted by atomic mass is 10.1. The van der Waals surface area contributed by atoms with E-state index in [9.17, 15) is 18.0 Å². The number of hydrogen-bond acceptors (Lipinski definition) is 2. The zero-order valence-electron chi connectivity index (χ0n) is 8.12. The maximum Gasteiger partial charge on any atom is 0.446 e. The van der Waals surface area contributed by atoms with E-state index in [0.29, 0.717) is 5.56 Å². The van der Waals surface area contributed by atoms with Crippen LogP contribution >= 0.6 is 11.8 Å². The van der Waals surface area contributed by atoms with Gasteiger partial charge >= 0.3 is 5.51 Å². The molecule has 0 unspecified atom stereocenters. The molecule has 0 bridgehead atoms. The molecule has 0 aliphatic rings. The summed E-state index contributed by atoms with van der Waals surface area (Å²) in [6, 6.07) is 5.73. The van der Waals surface area contributed by atoms with Crippen molar-refractivity contribution in [2.45, 2.75) is 16.8 Å². The van der Waals surface area contributed by atoms with E-state index in [1.807, 2.05) is 0 Å². The standard InChI is InChI=1S/C10H9F3NOS/c11-10(12,13)16-8-4-1-7(2-5-8)3-6-9(14)15/h1-5H,6H2,(H2,14,15). The van der Waals surface area contributed by atoms with Crippen molar-refractivity contribution < 1.29 is 18.0 Å². The smallest absolute Gasteiger partial charge is 0.370 e. The molecule has 2 nitrogen and oxygen atoms in total. The highest BCUT2D eigenvalue weighted by molar-refractivity contribution is 8.00. The minimum atomic E-state index is -4.28. The Bertz CT molecular complexity index is 361. The van der Waals surface area contributed by atoms with Crippen LogP contribution in [0.1, 0.15) is 12.0 Å². The summed E-state index contributed by atoms with van der Waals surface area (Å²) in [5.74, 6) is -0.478. The second-order valence-corrected chi connectivity index (χ2v) is 4.13. The van der Waals surface area contributed by atoms with Gasteiger partial charge in [0.2, 0.25) is 5.91 Å². The fourth-order valence-corrected chi connectivity index (χ4v) is 1.56. The van der Waals surface area contributed by atoms with Crippen LogP contribution in [0.15, 0.2) is 29.2 Å². The Morgan fingerprint density at radius 3 is 2.31 bits per heavy atom. The molecule has 0 aliphatic heterocycles. The van der Waals surface area contributed by atoms with Crippen LogP contribution in [-0.4, -0.2) is 11.4 Å². The van der Waals surface area contributed by atoms with Crippen molar-refractivity contribution in [3.05, 3.63) is 36.2 Å². The molecular weight excluding hydrogens is 239 g/mol. The van der Waals surface area contributed by atoms with Crippen LogP contribution in [0.5, 0.6) is 0 Å². The largest absolute Gasteiger partial charge is 0.446 e. The van der Waals surface area contributed by atoms with Gasteiger partial charge in [0.05, 0.1) is 0 Å². The molecule has 0 aliphatic carbocycles. The van der Waals surface area contributed by atoms with Crippen LogP contribution in [0.25, 0.3) is 0 Å². The van der Waals surface area contributed by atoms with Crippen molar-refractivity contribution in [3.63, 3.8) is 0 Å². The van der Waals surface area contributed by atoms with Gasteiger partial charge in [0, 0.05) is 11.3 Å². The number of thioether (sulfide) groups is 1. The van der Waals surface area contributed by atoms with Gasteiger partial charge in [-0.15, -0.1) is 0 Å². The predicted octanol–water partition coefficient (Wildman–Crippen LogP) is 2.73. The number of primary amides is 1. The van der Waals surface area contributed by atoms with Crippen LogP contribution < -0.4 is 5.73 Å². The molecule has 1 amide bonds. The number of nitrogens with two attached hydrogens (primary N) is 1. The molecule has 0 atom stereocenters. The monoisotopic (exact) mass is 248 g/mol. The molecule has 0 heterocycles. The lowest BCUT2D eigenvalue weighted by Gasteiger charge is -2.05. The zero-order valence-corrected chi connectivity index (χ0v) is 8.94.